The first-order valence-electron chi connectivity index (χ1n) is 13.3. The minimum Gasteiger partial charge on any atom is -0.394 e. The Labute approximate surface area is 240 Å². The lowest BCUT2D eigenvalue weighted by Crippen LogP contribution is -2.46. The molecular formula is C29H32ClN5O4S. The second-order valence-electron chi connectivity index (χ2n) is 10.3. The summed E-state index contributed by atoms with van der Waals surface area (Å²) in [5.41, 5.74) is 4.31. The van der Waals surface area contributed by atoms with Crippen LogP contribution in [0.1, 0.15) is 52.9 Å². The quantitative estimate of drug-likeness (QED) is 0.371. The molecule has 9 nitrogen and oxygen atoms in total. The van der Waals surface area contributed by atoms with E-state index in [-0.39, 0.29) is 24.5 Å². The van der Waals surface area contributed by atoms with Gasteiger partial charge in [-0.15, -0.1) is 0 Å². The van der Waals surface area contributed by atoms with Crippen molar-refractivity contribution < 1.29 is 18.9 Å². The van der Waals surface area contributed by atoms with Crippen molar-refractivity contribution in [1.29, 1.82) is 0 Å². The van der Waals surface area contributed by atoms with E-state index in [1.54, 1.807) is 13.0 Å². The second-order valence-corrected chi connectivity index (χ2v) is 12.4. The lowest BCUT2D eigenvalue weighted by molar-refractivity contribution is -0.126. The van der Waals surface area contributed by atoms with Crippen LogP contribution in [0, 0.1) is 6.92 Å². The molecule has 210 valence electrons. The minimum absolute atomic E-state index is 0.144. The van der Waals surface area contributed by atoms with Crippen LogP contribution in [0.15, 0.2) is 48.7 Å². The summed E-state index contributed by atoms with van der Waals surface area (Å²) in [5, 5.41) is 16.5. The molecule has 2 aliphatic heterocycles. The maximum atomic E-state index is 13.4. The number of aliphatic hydroxyl groups is 1. The lowest BCUT2D eigenvalue weighted by atomic mass is 10.0. The smallest absolute Gasteiger partial charge is 0.255 e. The second kappa shape index (κ2) is 12.0. The summed E-state index contributed by atoms with van der Waals surface area (Å²) in [6.07, 6.45) is 3.10. The normalized spacial score (nSPS) is 20.1. The highest BCUT2D eigenvalue weighted by molar-refractivity contribution is 7.85. The standard InChI is InChI=1S/C29H32ClN5O4S/c1-17-4-3-5-19(12-17)25(16-36)33-27(37)18(2)35-15-21-7-6-20(13-23(21)28(35)38)26-24(30)14-31-29(34-26)32-22-8-10-40(39)11-9-22/h3-7,12-14,18,22,25,36H,8-11,15-16H2,1-2H3,(H,33,37)(H,31,32,34)/t18-,22?,25-,40?/m1/s1. The number of fused-ring (bicyclic) bond motifs is 1. The predicted octanol–water partition coefficient (Wildman–Crippen LogP) is 3.62. The van der Waals surface area contributed by atoms with Gasteiger partial charge in [-0.25, -0.2) is 9.97 Å². The van der Waals surface area contributed by atoms with Gasteiger partial charge in [-0.1, -0.05) is 53.6 Å². The Bertz CT molecular complexity index is 1460. The number of rotatable bonds is 8. The lowest BCUT2D eigenvalue weighted by Gasteiger charge is -2.26. The Morgan fingerprint density at radius 3 is 2.73 bits per heavy atom. The number of halogens is 1. The molecule has 2 amide bonds. The molecule has 0 unspecified atom stereocenters. The van der Waals surface area contributed by atoms with Gasteiger partial charge in [0.1, 0.15) is 6.04 Å². The fourth-order valence-electron chi connectivity index (χ4n) is 5.10. The molecule has 1 aromatic heterocycles. The van der Waals surface area contributed by atoms with Crippen molar-refractivity contribution in [2.45, 2.75) is 51.4 Å². The van der Waals surface area contributed by atoms with Gasteiger partial charge in [0, 0.05) is 46.0 Å². The third-order valence-corrected chi connectivity index (χ3v) is 9.13. The van der Waals surface area contributed by atoms with Crippen LogP contribution in [-0.4, -0.2) is 66.2 Å². The van der Waals surface area contributed by atoms with Gasteiger partial charge in [-0.2, -0.15) is 0 Å². The Balaban J connectivity index is 1.30. The maximum absolute atomic E-state index is 13.4. The van der Waals surface area contributed by atoms with Crippen molar-refractivity contribution >= 4 is 40.2 Å². The average molecular weight is 582 g/mol. The Kier molecular flexibility index (Phi) is 8.48. The van der Waals surface area contributed by atoms with Gasteiger partial charge in [0.2, 0.25) is 11.9 Å². The molecule has 2 aromatic carbocycles. The fourth-order valence-corrected chi connectivity index (χ4v) is 6.60. The number of nitrogens with one attached hydrogen (secondary N) is 2. The van der Waals surface area contributed by atoms with Crippen LogP contribution in [0.25, 0.3) is 11.3 Å². The summed E-state index contributed by atoms with van der Waals surface area (Å²) in [6.45, 7) is 3.68. The SMILES string of the molecule is Cc1cccc([C@@H](CO)NC(=O)[C@@H](C)N2Cc3ccc(-c4nc(NC5CCS(=O)CC5)ncc4Cl)cc3C2=O)c1. The van der Waals surface area contributed by atoms with Gasteiger partial charge >= 0.3 is 0 Å². The van der Waals surface area contributed by atoms with Gasteiger partial charge in [-0.3, -0.25) is 13.8 Å². The molecule has 2 aliphatic rings. The number of carbonyl (C=O) groups excluding carboxylic acids is 2. The fraction of sp³-hybridized carbons (Fsp3) is 0.379. The highest BCUT2D eigenvalue weighted by atomic mass is 35.5. The molecule has 5 rings (SSSR count). The number of aliphatic hydroxyl groups excluding tert-OH is 1. The summed E-state index contributed by atoms with van der Waals surface area (Å²) < 4.78 is 11.7. The van der Waals surface area contributed by atoms with Gasteiger partial charge in [0.15, 0.2) is 0 Å². The van der Waals surface area contributed by atoms with E-state index in [1.807, 2.05) is 43.3 Å². The molecule has 1 saturated heterocycles. The van der Waals surface area contributed by atoms with E-state index in [0.717, 1.165) is 29.5 Å². The largest absolute Gasteiger partial charge is 0.394 e. The van der Waals surface area contributed by atoms with Crippen molar-refractivity contribution in [2.24, 2.45) is 0 Å². The number of carbonyl (C=O) groups is 2. The zero-order chi connectivity index (χ0) is 28.4. The van der Waals surface area contributed by atoms with Crippen LogP contribution in [-0.2, 0) is 22.1 Å². The molecule has 3 aromatic rings. The van der Waals surface area contributed by atoms with Crippen LogP contribution in [0.4, 0.5) is 5.95 Å². The Morgan fingerprint density at radius 2 is 2.00 bits per heavy atom. The van der Waals surface area contributed by atoms with E-state index < -0.39 is 22.9 Å². The molecule has 11 heteroatoms. The molecule has 0 radical (unpaired) electrons. The van der Waals surface area contributed by atoms with Crippen LogP contribution in [0.2, 0.25) is 5.02 Å². The minimum atomic E-state index is -0.757. The number of hydrogen-bond acceptors (Lipinski definition) is 7. The third-order valence-electron chi connectivity index (χ3n) is 7.47. The van der Waals surface area contributed by atoms with Crippen molar-refractivity contribution in [1.82, 2.24) is 20.2 Å². The van der Waals surface area contributed by atoms with Crippen molar-refractivity contribution in [3.8, 4) is 11.3 Å². The number of aryl methyl sites for hydroxylation is 1. The van der Waals surface area contributed by atoms with E-state index >= 15 is 0 Å². The average Bonchev–Trinajstić information content (AvgIpc) is 3.28. The first-order chi connectivity index (χ1) is 19.2. The molecule has 0 saturated carbocycles. The van der Waals surface area contributed by atoms with E-state index in [2.05, 4.69) is 20.6 Å². The number of nitrogens with zero attached hydrogens (tertiary/aromatic N) is 3. The molecule has 2 atom stereocenters. The van der Waals surface area contributed by atoms with E-state index in [1.165, 1.54) is 11.1 Å². The summed E-state index contributed by atoms with van der Waals surface area (Å²) in [4.78, 5) is 37.0. The van der Waals surface area contributed by atoms with Crippen LogP contribution in [0.3, 0.4) is 0 Å². The maximum Gasteiger partial charge on any atom is 0.255 e. The number of benzene rings is 2. The van der Waals surface area contributed by atoms with E-state index in [9.17, 15) is 18.9 Å². The molecule has 3 heterocycles. The molecule has 3 N–H and O–H groups in total. The van der Waals surface area contributed by atoms with Gasteiger partial charge < -0.3 is 20.6 Å². The monoisotopic (exact) mass is 581 g/mol. The Hall–Kier alpha value is -3.34. The molecule has 0 aliphatic carbocycles. The van der Waals surface area contributed by atoms with Gasteiger partial charge in [0.05, 0.1) is 29.6 Å². The van der Waals surface area contributed by atoms with Crippen molar-refractivity contribution in [2.75, 3.05) is 23.4 Å². The number of hydrogen-bond donors (Lipinski definition) is 3. The van der Waals surface area contributed by atoms with Crippen molar-refractivity contribution in [3.63, 3.8) is 0 Å². The topological polar surface area (TPSA) is 125 Å². The van der Waals surface area contributed by atoms with Gasteiger partial charge in [-0.05, 0) is 43.9 Å². The number of anilines is 1. The van der Waals surface area contributed by atoms with E-state index in [0.29, 0.717) is 45.8 Å². The Morgan fingerprint density at radius 1 is 1.23 bits per heavy atom. The predicted molar refractivity (Wildman–Crippen MR) is 155 cm³/mol. The highest BCUT2D eigenvalue weighted by Crippen LogP contribution is 2.32. The van der Waals surface area contributed by atoms with Crippen LogP contribution < -0.4 is 10.6 Å². The van der Waals surface area contributed by atoms with E-state index in [4.69, 9.17) is 11.6 Å². The molecule has 0 spiro atoms. The number of aromatic nitrogens is 2. The molecule has 1 fully saturated rings. The molecule has 40 heavy (non-hydrogen) atoms. The molecule has 0 bridgehead atoms. The van der Waals surface area contributed by atoms with Crippen LogP contribution >= 0.6 is 11.6 Å². The zero-order valence-corrected chi connectivity index (χ0v) is 24.0. The summed E-state index contributed by atoms with van der Waals surface area (Å²) in [7, 11) is -0.757. The zero-order valence-electron chi connectivity index (χ0n) is 22.4. The summed E-state index contributed by atoms with van der Waals surface area (Å²) in [6, 6.07) is 11.9. The summed E-state index contributed by atoms with van der Waals surface area (Å²) in [5.74, 6) is 1.15. The summed E-state index contributed by atoms with van der Waals surface area (Å²) >= 11 is 6.46. The van der Waals surface area contributed by atoms with Gasteiger partial charge in [0.25, 0.3) is 5.91 Å². The number of amides is 2. The van der Waals surface area contributed by atoms with Crippen LogP contribution in [0.5, 0.6) is 0 Å². The first-order valence-corrected chi connectivity index (χ1v) is 15.2. The first kappa shape index (κ1) is 28.2. The third kappa shape index (κ3) is 6.04. The van der Waals surface area contributed by atoms with Crippen molar-refractivity contribution in [3.05, 3.63) is 75.9 Å². The molecular weight excluding hydrogens is 550 g/mol. The highest BCUT2D eigenvalue weighted by Gasteiger charge is 2.35.